The molecule has 19 heavy (non-hydrogen) atoms. The number of hydrogen-bond acceptors (Lipinski definition) is 3. The molecule has 2 aliphatic carbocycles. The standard InChI is InChI=1S/C14H17N3O2/c18-13(10-3-5-15-6-4-10)16-17-14(19)12-8-9-1-2-11(12)7-9/h3-6,9,11-12H,1-2,7-8H2,(H,16,18)(H,17,19)/t9-,11-,12-/m0/s1. The highest BCUT2D eigenvalue weighted by Crippen LogP contribution is 2.48. The van der Waals surface area contributed by atoms with Gasteiger partial charge in [-0.3, -0.25) is 25.4 Å². The van der Waals surface area contributed by atoms with Gasteiger partial charge in [-0.1, -0.05) is 6.42 Å². The molecule has 2 amide bonds. The average molecular weight is 259 g/mol. The molecular formula is C14H17N3O2. The van der Waals surface area contributed by atoms with E-state index < -0.39 is 0 Å². The van der Waals surface area contributed by atoms with Gasteiger partial charge in [0.1, 0.15) is 0 Å². The molecule has 0 unspecified atom stereocenters. The van der Waals surface area contributed by atoms with E-state index in [1.807, 2.05) is 0 Å². The number of carbonyl (C=O) groups excluding carboxylic acids is 2. The van der Waals surface area contributed by atoms with Crippen molar-refractivity contribution < 1.29 is 9.59 Å². The number of aromatic nitrogens is 1. The summed E-state index contributed by atoms with van der Waals surface area (Å²) in [6.07, 6.45) is 7.66. The minimum atomic E-state index is -0.307. The number of fused-ring (bicyclic) bond motifs is 2. The molecule has 1 aromatic heterocycles. The molecular weight excluding hydrogens is 242 g/mol. The summed E-state index contributed by atoms with van der Waals surface area (Å²) >= 11 is 0. The van der Waals surface area contributed by atoms with Crippen molar-refractivity contribution in [1.82, 2.24) is 15.8 Å². The van der Waals surface area contributed by atoms with Crippen molar-refractivity contribution in [2.45, 2.75) is 25.7 Å². The van der Waals surface area contributed by atoms with Crippen molar-refractivity contribution in [3.63, 3.8) is 0 Å². The van der Waals surface area contributed by atoms with Crippen molar-refractivity contribution in [3.8, 4) is 0 Å². The first-order valence-electron chi connectivity index (χ1n) is 6.74. The molecule has 0 aromatic carbocycles. The normalized spacial score (nSPS) is 28.1. The second-order valence-electron chi connectivity index (χ2n) is 5.46. The Kier molecular flexibility index (Phi) is 3.19. The van der Waals surface area contributed by atoms with E-state index in [-0.39, 0.29) is 17.7 Å². The highest BCUT2D eigenvalue weighted by molar-refractivity contribution is 5.95. The van der Waals surface area contributed by atoms with Crippen LogP contribution in [0, 0.1) is 17.8 Å². The van der Waals surface area contributed by atoms with Gasteiger partial charge in [0.05, 0.1) is 0 Å². The van der Waals surface area contributed by atoms with Crippen molar-refractivity contribution in [1.29, 1.82) is 0 Å². The number of nitrogens with one attached hydrogen (secondary N) is 2. The third-order valence-corrected chi connectivity index (χ3v) is 4.32. The number of amides is 2. The van der Waals surface area contributed by atoms with Crippen LogP contribution in [0.4, 0.5) is 0 Å². The summed E-state index contributed by atoms with van der Waals surface area (Å²) in [7, 11) is 0. The summed E-state index contributed by atoms with van der Waals surface area (Å²) in [6.45, 7) is 0. The van der Waals surface area contributed by atoms with Crippen LogP contribution in [0.25, 0.3) is 0 Å². The molecule has 100 valence electrons. The topological polar surface area (TPSA) is 71.1 Å². The van der Waals surface area contributed by atoms with Crippen molar-refractivity contribution >= 4 is 11.8 Å². The number of hydrogen-bond donors (Lipinski definition) is 2. The molecule has 0 saturated heterocycles. The Morgan fingerprint density at radius 3 is 2.53 bits per heavy atom. The highest BCUT2D eigenvalue weighted by atomic mass is 16.2. The van der Waals surface area contributed by atoms with Gasteiger partial charge < -0.3 is 0 Å². The Balaban J connectivity index is 1.52. The Labute approximate surface area is 111 Å². The maximum absolute atomic E-state index is 12.0. The summed E-state index contributed by atoms with van der Waals surface area (Å²) in [5.74, 6) is 0.962. The van der Waals surface area contributed by atoms with Gasteiger partial charge in [0, 0.05) is 23.9 Å². The molecule has 0 radical (unpaired) electrons. The minimum absolute atomic E-state index is 0.0467. The van der Waals surface area contributed by atoms with E-state index in [2.05, 4.69) is 15.8 Å². The summed E-state index contributed by atoms with van der Waals surface area (Å²) in [5, 5.41) is 0. The van der Waals surface area contributed by atoms with Crippen LogP contribution in [-0.2, 0) is 4.79 Å². The molecule has 2 fully saturated rings. The maximum Gasteiger partial charge on any atom is 0.269 e. The van der Waals surface area contributed by atoms with Crippen LogP contribution in [0.1, 0.15) is 36.0 Å². The van der Waals surface area contributed by atoms with Gasteiger partial charge in [-0.25, -0.2) is 0 Å². The second kappa shape index (κ2) is 4.99. The van der Waals surface area contributed by atoms with Crippen LogP contribution in [0.5, 0.6) is 0 Å². The fourth-order valence-corrected chi connectivity index (χ4v) is 3.35. The maximum atomic E-state index is 12.0. The molecule has 5 nitrogen and oxygen atoms in total. The molecule has 5 heteroatoms. The van der Waals surface area contributed by atoms with E-state index in [1.165, 1.54) is 12.8 Å². The molecule has 2 aliphatic rings. The van der Waals surface area contributed by atoms with E-state index in [4.69, 9.17) is 0 Å². The lowest BCUT2D eigenvalue weighted by Crippen LogP contribution is -2.45. The van der Waals surface area contributed by atoms with Gasteiger partial charge in [-0.05, 0) is 43.2 Å². The predicted octanol–water partition coefficient (Wildman–Crippen LogP) is 1.28. The Morgan fingerprint density at radius 1 is 1.11 bits per heavy atom. The zero-order valence-electron chi connectivity index (χ0n) is 10.6. The van der Waals surface area contributed by atoms with Gasteiger partial charge in [-0.2, -0.15) is 0 Å². The zero-order valence-corrected chi connectivity index (χ0v) is 10.6. The fourth-order valence-electron chi connectivity index (χ4n) is 3.35. The Hall–Kier alpha value is -1.91. The third kappa shape index (κ3) is 2.45. The van der Waals surface area contributed by atoms with E-state index in [0.717, 1.165) is 18.8 Å². The van der Waals surface area contributed by atoms with E-state index in [0.29, 0.717) is 11.5 Å². The summed E-state index contributed by atoms with van der Waals surface area (Å²) in [4.78, 5) is 27.6. The van der Waals surface area contributed by atoms with Crippen LogP contribution < -0.4 is 10.9 Å². The van der Waals surface area contributed by atoms with Crippen LogP contribution in [-0.4, -0.2) is 16.8 Å². The van der Waals surface area contributed by atoms with Gasteiger partial charge in [-0.15, -0.1) is 0 Å². The van der Waals surface area contributed by atoms with E-state index in [9.17, 15) is 9.59 Å². The van der Waals surface area contributed by atoms with Crippen molar-refractivity contribution in [2.75, 3.05) is 0 Å². The van der Waals surface area contributed by atoms with Gasteiger partial charge >= 0.3 is 0 Å². The van der Waals surface area contributed by atoms with Gasteiger partial charge in [0.2, 0.25) is 5.91 Å². The average Bonchev–Trinajstić information content (AvgIpc) is 3.08. The van der Waals surface area contributed by atoms with E-state index >= 15 is 0 Å². The first-order chi connectivity index (χ1) is 9.24. The largest absolute Gasteiger partial charge is 0.273 e. The Bertz CT molecular complexity index is 489. The molecule has 1 heterocycles. The van der Waals surface area contributed by atoms with Crippen LogP contribution in [0.2, 0.25) is 0 Å². The highest BCUT2D eigenvalue weighted by Gasteiger charge is 2.43. The molecule has 3 rings (SSSR count). The second-order valence-corrected chi connectivity index (χ2v) is 5.46. The summed E-state index contributed by atoms with van der Waals surface area (Å²) in [5.41, 5.74) is 5.51. The Morgan fingerprint density at radius 2 is 1.89 bits per heavy atom. The fraction of sp³-hybridized carbons (Fsp3) is 0.500. The SMILES string of the molecule is O=C(NNC(=O)[C@H]1C[C@H]2CC[C@H]1C2)c1ccncc1. The van der Waals surface area contributed by atoms with Gasteiger partial charge in [0.15, 0.2) is 0 Å². The van der Waals surface area contributed by atoms with Crippen LogP contribution >= 0.6 is 0 Å². The van der Waals surface area contributed by atoms with Crippen LogP contribution in [0.15, 0.2) is 24.5 Å². The van der Waals surface area contributed by atoms with Crippen molar-refractivity contribution in [2.24, 2.45) is 17.8 Å². The van der Waals surface area contributed by atoms with Crippen LogP contribution in [0.3, 0.4) is 0 Å². The number of carbonyl (C=O) groups is 2. The molecule has 2 saturated carbocycles. The lowest BCUT2D eigenvalue weighted by atomic mass is 9.88. The molecule has 0 spiro atoms. The quantitative estimate of drug-likeness (QED) is 0.786. The number of hydrazine groups is 1. The van der Waals surface area contributed by atoms with Gasteiger partial charge in [0.25, 0.3) is 5.91 Å². The molecule has 3 atom stereocenters. The smallest absolute Gasteiger partial charge is 0.269 e. The number of rotatable bonds is 2. The molecule has 2 N–H and O–H groups in total. The van der Waals surface area contributed by atoms with E-state index in [1.54, 1.807) is 24.5 Å². The first kappa shape index (κ1) is 12.1. The predicted molar refractivity (Wildman–Crippen MR) is 68.8 cm³/mol. The first-order valence-corrected chi connectivity index (χ1v) is 6.74. The lowest BCUT2D eigenvalue weighted by molar-refractivity contribution is -0.127. The summed E-state index contributed by atoms with van der Waals surface area (Å²) in [6, 6.07) is 3.22. The minimum Gasteiger partial charge on any atom is -0.273 e. The molecule has 1 aromatic rings. The number of nitrogens with zero attached hydrogens (tertiary/aromatic N) is 1. The third-order valence-electron chi connectivity index (χ3n) is 4.32. The van der Waals surface area contributed by atoms with Crippen molar-refractivity contribution in [3.05, 3.63) is 30.1 Å². The monoisotopic (exact) mass is 259 g/mol. The molecule has 0 aliphatic heterocycles. The number of pyridine rings is 1. The zero-order chi connectivity index (χ0) is 13.2. The molecule has 2 bridgehead atoms. The lowest BCUT2D eigenvalue weighted by Gasteiger charge is -2.20. The summed E-state index contributed by atoms with van der Waals surface area (Å²) < 4.78 is 0.